The molecule has 4 nitrogen and oxygen atoms in total. The monoisotopic (exact) mass is 253 g/mol. The van der Waals surface area contributed by atoms with E-state index < -0.39 is 16.7 Å². The topological polar surface area (TPSA) is 47.6 Å². The third kappa shape index (κ3) is 2.52. The van der Waals surface area contributed by atoms with Gasteiger partial charge in [-0.2, -0.15) is 0 Å². The van der Waals surface area contributed by atoms with Crippen molar-refractivity contribution in [2.75, 3.05) is 13.2 Å². The molecule has 0 bridgehead atoms. The summed E-state index contributed by atoms with van der Waals surface area (Å²) in [4.78, 5) is 12.3. The first-order chi connectivity index (χ1) is 8.21. The van der Waals surface area contributed by atoms with Gasteiger partial charge in [-0.3, -0.25) is 5.32 Å². The Morgan fingerprint density at radius 2 is 2.06 bits per heavy atom. The van der Waals surface area contributed by atoms with Crippen LogP contribution in [0.3, 0.4) is 0 Å². The number of hydrogen-bond donors (Lipinski definition) is 1. The summed E-state index contributed by atoms with van der Waals surface area (Å²) in [5.41, 5.74) is -1.95. The molecule has 102 valence electrons. The van der Waals surface area contributed by atoms with E-state index in [0.29, 0.717) is 19.6 Å². The summed E-state index contributed by atoms with van der Waals surface area (Å²) in [7, 11) is 0. The lowest BCUT2D eigenvalue weighted by Gasteiger charge is -2.37. The predicted octanol–water partition coefficient (Wildman–Crippen LogP) is 1.49. The van der Waals surface area contributed by atoms with Crippen LogP contribution in [0.1, 0.15) is 41.0 Å². The predicted molar refractivity (Wildman–Crippen MR) is 70.1 cm³/mol. The van der Waals surface area contributed by atoms with Gasteiger partial charge in [-0.25, -0.2) is 4.79 Å². The summed E-state index contributed by atoms with van der Waals surface area (Å²) >= 11 is 0. The smallest absolute Gasteiger partial charge is 0.329 e. The molecule has 1 heterocycles. The number of esters is 1. The molecule has 0 aromatic carbocycles. The average Bonchev–Trinajstić information content (AvgIpc) is 2.41. The molecular formula is C14H23NO3. The van der Waals surface area contributed by atoms with Crippen LogP contribution in [0.25, 0.3) is 0 Å². The van der Waals surface area contributed by atoms with Crippen molar-refractivity contribution in [2.45, 2.75) is 57.8 Å². The Kier molecular flexibility index (Phi) is 4.09. The highest BCUT2D eigenvalue weighted by Gasteiger charge is 2.62. The van der Waals surface area contributed by atoms with Crippen LogP contribution in [0.15, 0.2) is 0 Å². The maximum absolute atomic E-state index is 12.3. The SMILES string of the molecule is C#CCNC1(C(=O)OCC)CC(C)(C)OC1(C)C. The van der Waals surface area contributed by atoms with Gasteiger partial charge < -0.3 is 9.47 Å². The van der Waals surface area contributed by atoms with Gasteiger partial charge in [-0.1, -0.05) is 5.92 Å². The van der Waals surface area contributed by atoms with Crippen LogP contribution in [0.5, 0.6) is 0 Å². The number of carbonyl (C=O) groups is 1. The van der Waals surface area contributed by atoms with E-state index in [0.717, 1.165) is 0 Å². The minimum absolute atomic E-state index is 0.296. The number of hydrogen-bond acceptors (Lipinski definition) is 4. The van der Waals surface area contributed by atoms with Crippen LogP contribution >= 0.6 is 0 Å². The fourth-order valence-corrected chi connectivity index (χ4v) is 2.79. The third-order valence-corrected chi connectivity index (χ3v) is 3.37. The highest BCUT2D eigenvalue weighted by molar-refractivity contribution is 5.83. The van der Waals surface area contributed by atoms with E-state index >= 15 is 0 Å². The van der Waals surface area contributed by atoms with E-state index in [2.05, 4.69) is 11.2 Å². The maximum atomic E-state index is 12.3. The van der Waals surface area contributed by atoms with Gasteiger partial charge >= 0.3 is 5.97 Å². The van der Waals surface area contributed by atoms with Crippen LogP contribution in [-0.4, -0.2) is 35.9 Å². The summed E-state index contributed by atoms with van der Waals surface area (Å²) in [6.07, 6.45) is 5.83. The van der Waals surface area contributed by atoms with Crippen LogP contribution in [0, 0.1) is 12.3 Å². The largest absolute Gasteiger partial charge is 0.465 e. The molecule has 0 aromatic rings. The van der Waals surface area contributed by atoms with Gasteiger partial charge in [-0.05, 0) is 34.6 Å². The van der Waals surface area contributed by atoms with E-state index in [1.807, 2.05) is 27.7 Å². The second-order valence-electron chi connectivity index (χ2n) is 5.73. The molecule has 4 heteroatoms. The summed E-state index contributed by atoms with van der Waals surface area (Å²) in [5.74, 6) is 2.21. The quantitative estimate of drug-likeness (QED) is 0.609. The average molecular weight is 253 g/mol. The highest BCUT2D eigenvalue weighted by Crippen LogP contribution is 2.45. The molecule has 1 N–H and O–H groups in total. The van der Waals surface area contributed by atoms with Gasteiger partial charge in [0.1, 0.15) is 5.54 Å². The van der Waals surface area contributed by atoms with Crippen molar-refractivity contribution in [1.82, 2.24) is 5.32 Å². The molecule has 0 spiro atoms. The van der Waals surface area contributed by atoms with Crippen molar-refractivity contribution < 1.29 is 14.3 Å². The molecule has 1 aliphatic rings. The zero-order chi connectivity index (χ0) is 14.0. The molecule has 0 aliphatic carbocycles. The summed E-state index contributed by atoms with van der Waals surface area (Å²) < 4.78 is 11.2. The number of terminal acetylenes is 1. The Labute approximate surface area is 109 Å². The Morgan fingerprint density at radius 3 is 2.44 bits per heavy atom. The second-order valence-corrected chi connectivity index (χ2v) is 5.73. The van der Waals surface area contributed by atoms with Gasteiger partial charge in [-0.15, -0.1) is 6.42 Å². The van der Waals surface area contributed by atoms with Crippen LogP contribution in [-0.2, 0) is 14.3 Å². The lowest BCUT2D eigenvalue weighted by Crippen LogP contribution is -2.63. The molecule has 1 rings (SSSR count). The maximum Gasteiger partial charge on any atom is 0.329 e. The molecule has 0 aromatic heterocycles. The molecule has 1 atom stereocenters. The first kappa shape index (κ1) is 15.0. The molecule has 18 heavy (non-hydrogen) atoms. The molecule has 1 aliphatic heterocycles. The molecule has 0 radical (unpaired) electrons. The normalized spacial score (nSPS) is 28.7. The van der Waals surface area contributed by atoms with E-state index in [1.54, 1.807) is 6.92 Å². The standard InChI is InChI=1S/C14H23NO3/c1-7-9-15-14(11(16)17-8-2)10-12(3,4)18-13(14,5)6/h1,15H,8-10H2,2-6H3. The Balaban J connectivity index is 3.12. The Hall–Kier alpha value is -1.05. The van der Waals surface area contributed by atoms with Crippen molar-refractivity contribution in [3.63, 3.8) is 0 Å². The number of rotatable bonds is 4. The fourth-order valence-electron chi connectivity index (χ4n) is 2.79. The summed E-state index contributed by atoms with van der Waals surface area (Å²) in [6, 6.07) is 0. The van der Waals surface area contributed by atoms with E-state index in [-0.39, 0.29) is 5.97 Å². The van der Waals surface area contributed by atoms with Gasteiger partial charge in [0.25, 0.3) is 0 Å². The zero-order valence-electron chi connectivity index (χ0n) is 11.9. The van der Waals surface area contributed by atoms with Crippen molar-refractivity contribution in [3.05, 3.63) is 0 Å². The Bertz CT molecular complexity index is 368. The number of ether oxygens (including phenoxy) is 2. The second kappa shape index (κ2) is 4.91. The molecule has 0 amide bonds. The fraction of sp³-hybridized carbons (Fsp3) is 0.786. The van der Waals surface area contributed by atoms with Gasteiger partial charge in [0, 0.05) is 6.42 Å². The lowest BCUT2D eigenvalue weighted by atomic mass is 9.79. The number of nitrogens with one attached hydrogen (secondary N) is 1. The summed E-state index contributed by atoms with van der Waals surface area (Å²) in [6.45, 7) is 10.2. The van der Waals surface area contributed by atoms with Gasteiger partial charge in [0.15, 0.2) is 0 Å². The minimum atomic E-state index is -0.890. The molecule has 1 fully saturated rings. The highest BCUT2D eigenvalue weighted by atomic mass is 16.6. The molecule has 0 saturated carbocycles. The molecule has 1 saturated heterocycles. The van der Waals surface area contributed by atoms with E-state index in [9.17, 15) is 4.79 Å². The van der Waals surface area contributed by atoms with Gasteiger partial charge in [0.05, 0.1) is 24.4 Å². The van der Waals surface area contributed by atoms with Gasteiger partial charge in [0.2, 0.25) is 0 Å². The lowest BCUT2D eigenvalue weighted by molar-refractivity contribution is -0.159. The Morgan fingerprint density at radius 1 is 1.44 bits per heavy atom. The van der Waals surface area contributed by atoms with E-state index in [4.69, 9.17) is 15.9 Å². The van der Waals surface area contributed by atoms with Crippen molar-refractivity contribution in [3.8, 4) is 12.3 Å². The zero-order valence-corrected chi connectivity index (χ0v) is 11.9. The number of carbonyl (C=O) groups excluding carboxylic acids is 1. The minimum Gasteiger partial charge on any atom is -0.465 e. The first-order valence-electron chi connectivity index (χ1n) is 6.27. The van der Waals surface area contributed by atoms with Crippen LogP contribution < -0.4 is 5.32 Å². The van der Waals surface area contributed by atoms with Crippen molar-refractivity contribution >= 4 is 5.97 Å². The molecule has 1 unspecified atom stereocenters. The van der Waals surface area contributed by atoms with Crippen molar-refractivity contribution in [1.29, 1.82) is 0 Å². The first-order valence-corrected chi connectivity index (χ1v) is 6.27. The van der Waals surface area contributed by atoms with Crippen molar-refractivity contribution in [2.24, 2.45) is 0 Å². The molecular weight excluding hydrogens is 230 g/mol. The van der Waals surface area contributed by atoms with E-state index in [1.165, 1.54) is 0 Å². The summed E-state index contributed by atoms with van der Waals surface area (Å²) in [5, 5.41) is 3.14. The third-order valence-electron chi connectivity index (χ3n) is 3.37. The van der Waals surface area contributed by atoms with Crippen LogP contribution in [0.2, 0.25) is 0 Å². The van der Waals surface area contributed by atoms with Crippen LogP contribution in [0.4, 0.5) is 0 Å².